The van der Waals surface area contributed by atoms with E-state index in [2.05, 4.69) is 9.93 Å². The van der Waals surface area contributed by atoms with E-state index in [0.717, 1.165) is 29.9 Å². The van der Waals surface area contributed by atoms with E-state index in [-0.39, 0.29) is 4.90 Å². The maximum atomic E-state index is 12.1. The van der Waals surface area contributed by atoms with Crippen LogP contribution in [0.15, 0.2) is 40.3 Å². The van der Waals surface area contributed by atoms with Crippen molar-refractivity contribution in [3.8, 4) is 0 Å². The highest BCUT2D eigenvalue weighted by Gasteiger charge is 2.60. The van der Waals surface area contributed by atoms with Crippen LogP contribution in [-0.2, 0) is 10.0 Å². The fraction of sp³-hybridized carbons (Fsp3) is 0.500. The Bertz CT molecular complexity index is 639. The Hall–Kier alpha value is -1.36. The molecular weight excluding hydrogens is 260 g/mol. The Morgan fingerprint density at radius 2 is 1.89 bits per heavy atom. The highest BCUT2D eigenvalue weighted by molar-refractivity contribution is 7.89. The molecule has 3 aliphatic carbocycles. The van der Waals surface area contributed by atoms with Gasteiger partial charge in [0.25, 0.3) is 10.0 Å². The van der Waals surface area contributed by atoms with Gasteiger partial charge in [0.05, 0.1) is 4.90 Å². The van der Waals surface area contributed by atoms with Gasteiger partial charge in [0, 0.05) is 11.6 Å². The smallest absolute Gasteiger partial charge is 0.200 e. The van der Waals surface area contributed by atoms with Crippen molar-refractivity contribution in [2.45, 2.75) is 24.2 Å². The molecule has 5 heteroatoms. The quantitative estimate of drug-likeness (QED) is 0.858. The van der Waals surface area contributed by atoms with Crippen molar-refractivity contribution in [3.05, 3.63) is 30.3 Å². The first-order valence-corrected chi connectivity index (χ1v) is 8.27. The first kappa shape index (κ1) is 11.5. The highest BCUT2D eigenvalue weighted by Crippen LogP contribution is 2.64. The lowest BCUT2D eigenvalue weighted by atomic mass is 9.99. The Balaban J connectivity index is 1.53. The standard InChI is InChI=1S/C14H16N2O2S/c17-19(18,10-4-2-1-3-5-10)16-15-14-7-9-6-13(14)12-8-11(9)12/h1-5,9,11-13,16H,6-8H2/b15-14+/t9-,11-,12+,13+/m1/s1. The number of hydrogen-bond donors (Lipinski definition) is 1. The Morgan fingerprint density at radius 1 is 1.11 bits per heavy atom. The van der Waals surface area contributed by atoms with Gasteiger partial charge in [-0.05, 0) is 49.1 Å². The van der Waals surface area contributed by atoms with Gasteiger partial charge in [-0.1, -0.05) is 18.2 Å². The fourth-order valence-electron chi connectivity index (χ4n) is 3.85. The van der Waals surface area contributed by atoms with Crippen molar-refractivity contribution < 1.29 is 8.42 Å². The average molecular weight is 276 g/mol. The molecule has 0 saturated heterocycles. The van der Waals surface area contributed by atoms with Crippen molar-refractivity contribution in [2.75, 3.05) is 0 Å². The lowest BCUT2D eigenvalue weighted by Crippen LogP contribution is -2.23. The molecule has 0 unspecified atom stereocenters. The summed E-state index contributed by atoms with van der Waals surface area (Å²) in [5.74, 6) is 3.05. The van der Waals surface area contributed by atoms with Gasteiger partial charge in [0.15, 0.2) is 0 Å². The van der Waals surface area contributed by atoms with Gasteiger partial charge in [-0.3, -0.25) is 0 Å². The molecule has 0 radical (unpaired) electrons. The lowest BCUT2D eigenvalue weighted by molar-refractivity contribution is 0.522. The van der Waals surface area contributed by atoms with Gasteiger partial charge in [0.2, 0.25) is 0 Å². The number of hydrazone groups is 1. The summed E-state index contributed by atoms with van der Waals surface area (Å²) in [6, 6.07) is 8.40. The normalized spacial score (nSPS) is 37.4. The van der Waals surface area contributed by atoms with Crippen molar-refractivity contribution >= 4 is 15.7 Å². The molecule has 2 bridgehead atoms. The Morgan fingerprint density at radius 3 is 2.58 bits per heavy atom. The van der Waals surface area contributed by atoms with Crippen LogP contribution in [0.4, 0.5) is 0 Å². The third-order valence-corrected chi connectivity index (χ3v) is 6.06. The van der Waals surface area contributed by atoms with Crippen molar-refractivity contribution in [1.82, 2.24) is 4.83 Å². The molecule has 1 N–H and O–H groups in total. The second kappa shape index (κ2) is 3.82. The summed E-state index contributed by atoms with van der Waals surface area (Å²) < 4.78 is 24.1. The summed E-state index contributed by atoms with van der Waals surface area (Å²) in [5, 5.41) is 4.21. The zero-order valence-corrected chi connectivity index (χ0v) is 11.3. The second-order valence-corrected chi connectivity index (χ2v) is 7.54. The fourth-order valence-corrected chi connectivity index (χ4v) is 4.71. The minimum atomic E-state index is -3.51. The van der Waals surface area contributed by atoms with Gasteiger partial charge in [0.1, 0.15) is 0 Å². The third kappa shape index (κ3) is 1.79. The van der Waals surface area contributed by atoms with E-state index < -0.39 is 10.0 Å². The van der Waals surface area contributed by atoms with Gasteiger partial charge < -0.3 is 0 Å². The van der Waals surface area contributed by atoms with E-state index in [1.807, 2.05) is 0 Å². The van der Waals surface area contributed by atoms with Crippen LogP contribution < -0.4 is 4.83 Å². The van der Waals surface area contributed by atoms with Crippen LogP contribution in [0.5, 0.6) is 0 Å². The van der Waals surface area contributed by atoms with Gasteiger partial charge in [-0.15, -0.1) is 0 Å². The topological polar surface area (TPSA) is 58.5 Å². The molecule has 4 atom stereocenters. The van der Waals surface area contributed by atoms with Crippen LogP contribution in [0, 0.1) is 23.7 Å². The molecule has 0 amide bonds. The number of fused-ring (bicyclic) bond motifs is 5. The minimum Gasteiger partial charge on any atom is -0.200 e. The molecule has 3 saturated carbocycles. The number of rotatable bonds is 3. The Kier molecular flexibility index (Phi) is 2.31. The van der Waals surface area contributed by atoms with Crippen molar-refractivity contribution in [1.29, 1.82) is 0 Å². The zero-order valence-electron chi connectivity index (χ0n) is 10.5. The number of nitrogens with one attached hydrogen (secondary N) is 1. The third-order valence-electron chi connectivity index (χ3n) is 4.83. The summed E-state index contributed by atoms with van der Waals surface area (Å²) in [6.07, 6.45) is 3.55. The number of benzene rings is 1. The number of nitrogens with zero attached hydrogens (tertiary/aromatic N) is 1. The maximum absolute atomic E-state index is 12.1. The minimum absolute atomic E-state index is 0.270. The van der Waals surface area contributed by atoms with Crippen LogP contribution in [0.1, 0.15) is 19.3 Å². The molecule has 0 aliphatic heterocycles. The number of sulfonamides is 1. The molecule has 3 aliphatic rings. The van der Waals surface area contributed by atoms with Gasteiger partial charge >= 0.3 is 0 Å². The number of hydrogen-bond acceptors (Lipinski definition) is 3. The maximum Gasteiger partial charge on any atom is 0.276 e. The monoisotopic (exact) mass is 276 g/mol. The van der Waals surface area contributed by atoms with Gasteiger partial charge in [-0.25, -0.2) is 4.83 Å². The van der Waals surface area contributed by atoms with Crippen LogP contribution in [0.3, 0.4) is 0 Å². The average Bonchev–Trinajstić information content (AvgIpc) is 3.04. The zero-order chi connectivity index (χ0) is 13.0. The van der Waals surface area contributed by atoms with E-state index in [9.17, 15) is 8.42 Å². The molecule has 0 aromatic heterocycles. The van der Waals surface area contributed by atoms with Crippen LogP contribution in [0.25, 0.3) is 0 Å². The predicted octanol–water partition coefficient (Wildman–Crippen LogP) is 2.00. The summed E-state index contributed by atoms with van der Waals surface area (Å²) >= 11 is 0. The molecule has 19 heavy (non-hydrogen) atoms. The first-order chi connectivity index (χ1) is 9.15. The van der Waals surface area contributed by atoms with E-state index in [4.69, 9.17) is 0 Å². The molecule has 1 aromatic rings. The molecule has 3 fully saturated rings. The van der Waals surface area contributed by atoms with E-state index in [1.165, 1.54) is 12.8 Å². The summed E-state index contributed by atoms with van der Waals surface area (Å²) in [7, 11) is -3.51. The van der Waals surface area contributed by atoms with Gasteiger partial charge in [-0.2, -0.15) is 13.5 Å². The van der Waals surface area contributed by atoms with Crippen LogP contribution in [0.2, 0.25) is 0 Å². The first-order valence-electron chi connectivity index (χ1n) is 6.78. The molecule has 0 heterocycles. The molecule has 100 valence electrons. The molecule has 4 nitrogen and oxygen atoms in total. The summed E-state index contributed by atoms with van der Waals surface area (Å²) in [5.41, 5.74) is 1.07. The molecule has 0 spiro atoms. The van der Waals surface area contributed by atoms with Crippen molar-refractivity contribution in [3.63, 3.8) is 0 Å². The molecule has 1 aromatic carbocycles. The SMILES string of the molecule is O=S(=O)(N/N=C1\C[C@H]2C[C@H]1[C@H]1C[C@H]21)c1ccccc1. The summed E-state index contributed by atoms with van der Waals surface area (Å²) in [4.78, 5) is 2.67. The molecular formula is C14H16N2O2S. The Labute approximate surface area is 113 Å². The largest absolute Gasteiger partial charge is 0.276 e. The van der Waals surface area contributed by atoms with Crippen molar-refractivity contribution in [2.24, 2.45) is 28.8 Å². The highest BCUT2D eigenvalue weighted by atomic mass is 32.2. The lowest BCUT2D eigenvalue weighted by Gasteiger charge is -2.12. The van der Waals surface area contributed by atoms with Crippen LogP contribution >= 0.6 is 0 Å². The van der Waals surface area contributed by atoms with E-state index >= 15 is 0 Å². The molecule has 4 rings (SSSR count). The summed E-state index contributed by atoms with van der Waals surface area (Å²) in [6.45, 7) is 0. The van der Waals surface area contributed by atoms with Crippen LogP contribution in [-0.4, -0.2) is 14.1 Å². The van der Waals surface area contributed by atoms with E-state index in [1.54, 1.807) is 30.3 Å². The predicted molar refractivity (Wildman–Crippen MR) is 72.0 cm³/mol. The second-order valence-electron chi connectivity index (χ2n) is 5.88. The van der Waals surface area contributed by atoms with E-state index in [0.29, 0.717) is 5.92 Å².